The van der Waals surface area contributed by atoms with Crippen molar-refractivity contribution < 1.29 is 0 Å². The number of rotatable bonds is 5. The van der Waals surface area contributed by atoms with Crippen LogP contribution in [0.4, 0.5) is 0 Å². The van der Waals surface area contributed by atoms with Gasteiger partial charge in [0.05, 0.1) is 29.5 Å². The van der Waals surface area contributed by atoms with Crippen LogP contribution in [-0.4, -0.2) is 26.1 Å². The van der Waals surface area contributed by atoms with Crippen LogP contribution < -0.4 is 10.9 Å². The van der Waals surface area contributed by atoms with Crippen LogP contribution in [0.15, 0.2) is 41.6 Å². The van der Waals surface area contributed by atoms with Gasteiger partial charge in [-0.2, -0.15) is 0 Å². The van der Waals surface area contributed by atoms with Crippen molar-refractivity contribution in [1.29, 1.82) is 0 Å². The number of imidazole rings is 1. The topological polar surface area (TPSA) is 75.6 Å². The van der Waals surface area contributed by atoms with E-state index in [1.54, 1.807) is 12.4 Å². The molecule has 0 aliphatic heterocycles. The Hall–Kier alpha value is -2.47. The van der Waals surface area contributed by atoms with Gasteiger partial charge in [0.25, 0.3) is 5.56 Å². The summed E-state index contributed by atoms with van der Waals surface area (Å²) in [6, 6.07) is 7.33. The second-order valence-electron chi connectivity index (χ2n) is 4.85. The van der Waals surface area contributed by atoms with Crippen molar-refractivity contribution in [1.82, 2.24) is 24.8 Å². The minimum absolute atomic E-state index is 0.108. The van der Waals surface area contributed by atoms with Crippen molar-refractivity contribution in [3.8, 4) is 0 Å². The lowest BCUT2D eigenvalue weighted by atomic mass is 10.2. The first-order valence-electron chi connectivity index (χ1n) is 6.95. The normalized spacial score (nSPS) is 11.1. The SMILES string of the molecule is CCNCc1cn(Cc2nc3ccccc3c(=O)[nH]2)cn1. The summed E-state index contributed by atoms with van der Waals surface area (Å²) in [5, 5.41) is 3.84. The molecule has 6 nitrogen and oxygen atoms in total. The van der Waals surface area contributed by atoms with Crippen molar-refractivity contribution in [3.05, 3.63) is 58.7 Å². The first kappa shape index (κ1) is 13.5. The predicted octanol–water partition coefficient (Wildman–Crippen LogP) is 1.28. The Bertz CT molecular complexity index is 805. The Morgan fingerprint density at radius 2 is 2.19 bits per heavy atom. The highest BCUT2D eigenvalue weighted by molar-refractivity contribution is 5.77. The van der Waals surface area contributed by atoms with E-state index in [0.717, 1.165) is 18.8 Å². The Balaban J connectivity index is 1.84. The van der Waals surface area contributed by atoms with E-state index >= 15 is 0 Å². The smallest absolute Gasteiger partial charge is 0.258 e. The van der Waals surface area contributed by atoms with Crippen LogP contribution in [0.1, 0.15) is 18.4 Å². The molecule has 0 aliphatic rings. The first-order chi connectivity index (χ1) is 10.3. The van der Waals surface area contributed by atoms with Crippen molar-refractivity contribution in [2.75, 3.05) is 6.54 Å². The average molecular weight is 283 g/mol. The maximum Gasteiger partial charge on any atom is 0.258 e. The van der Waals surface area contributed by atoms with Gasteiger partial charge >= 0.3 is 0 Å². The molecular formula is C15H17N5O. The Kier molecular flexibility index (Phi) is 3.79. The van der Waals surface area contributed by atoms with Crippen LogP contribution in [0.3, 0.4) is 0 Å². The molecule has 2 heterocycles. The molecule has 21 heavy (non-hydrogen) atoms. The second kappa shape index (κ2) is 5.88. The number of nitrogens with zero attached hydrogens (tertiary/aromatic N) is 3. The van der Waals surface area contributed by atoms with Gasteiger partial charge in [0.2, 0.25) is 0 Å². The van der Waals surface area contributed by atoms with Crippen molar-refractivity contribution in [3.63, 3.8) is 0 Å². The van der Waals surface area contributed by atoms with Gasteiger partial charge in [-0.15, -0.1) is 0 Å². The Labute approximate surface area is 121 Å². The standard InChI is InChI=1S/C15H17N5O/c1-2-16-7-11-8-20(10-17-11)9-14-18-13-6-4-3-5-12(13)15(21)19-14/h3-6,8,10,16H,2,7,9H2,1H3,(H,18,19,21). The number of nitrogens with one attached hydrogen (secondary N) is 2. The van der Waals surface area contributed by atoms with E-state index in [0.29, 0.717) is 23.3 Å². The van der Waals surface area contributed by atoms with Gasteiger partial charge in [-0.25, -0.2) is 9.97 Å². The average Bonchev–Trinajstić information content (AvgIpc) is 2.92. The number of aromatic nitrogens is 4. The summed E-state index contributed by atoms with van der Waals surface area (Å²) in [5.74, 6) is 0.631. The van der Waals surface area contributed by atoms with E-state index in [2.05, 4.69) is 27.2 Å². The summed E-state index contributed by atoms with van der Waals surface area (Å²) in [4.78, 5) is 23.6. The van der Waals surface area contributed by atoms with E-state index in [1.807, 2.05) is 29.0 Å². The molecule has 0 fully saturated rings. The van der Waals surface area contributed by atoms with E-state index in [-0.39, 0.29) is 5.56 Å². The summed E-state index contributed by atoms with van der Waals surface area (Å²) in [6.45, 7) is 4.21. The monoisotopic (exact) mass is 283 g/mol. The number of hydrogen-bond acceptors (Lipinski definition) is 4. The summed E-state index contributed by atoms with van der Waals surface area (Å²) < 4.78 is 1.92. The number of hydrogen-bond donors (Lipinski definition) is 2. The molecule has 0 saturated carbocycles. The lowest BCUT2D eigenvalue weighted by Crippen LogP contribution is -2.14. The van der Waals surface area contributed by atoms with Gasteiger partial charge < -0.3 is 14.9 Å². The minimum atomic E-state index is -0.108. The van der Waals surface area contributed by atoms with Crippen LogP contribution in [-0.2, 0) is 13.1 Å². The maximum atomic E-state index is 12.0. The zero-order chi connectivity index (χ0) is 14.7. The highest BCUT2D eigenvalue weighted by Gasteiger charge is 2.05. The van der Waals surface area contributed by atoms with Crippen LogP contribution in [0.2, 0.25) is 0 Å². The lowest BCUT2D eigenvalue weighted by Gasteiger charge is -2.03. The van der Waals surface area contributed by atoms with Crippen molar-refractivity contribution in [2.45, 2.75) is 20.0 Å². The molecular weight excluding hydrogens is 266 g/mol. The summed E-state index contributed by atoms with van der Waals surface area (Å²) in [5.41, 5.74) is 1.58. The quantitative estimate of drug-likeness (QED) is 0.739. The fraction of sp³-hybridized carbons (Fsp3) is 0.267. The summed E-state index contributed by atoms with van der Waals surface area (Å²) >= 11 is 0. The van der Waals surface area contributed by atoms with E-state index < -0.39 is 0 Å². The van der Waals surface area contributed by atoms with E-state index in [9.17, 15) is 4.79 Å². The summed E-state index contributed by atoms with van der Waals surface area (Å²) in [6.07, 6.45) is 3.71. The molecule has 0 aliphatic carbocycles. The van der Waals surface area contributed by atoms with Crippen molar-refractivity contribution >= 4 is 10.9 Å². The molecule has 2 aromatic heterocycles. The van der Waals surface area contributed by atoms with Gasteiger partial charge in [0.1, 0.15) is 5.82 Å². The zero-order valence-electron chi connectivity index (χ0n) is 11.8. The molecule has 0 spiro atoms. The van der Waals surface area contributed by atoms with Gasteiger partial charge in [0, 0.05) is 12.7 Å². The molecule has 0 radical (unpaired) electrons. The third kappa shape index (κ3) is 3.00. The maximum absolute atomic E-state index is 12.0. The molecule has 6 heteroatoms. The number of aromatic amines is 1. The van der Waals surface area contributed by atoms with Gasteiger partial charge in [-0.3, -0.25) is 4.79 Å². The second-order valence-corrected chi connectivity index (χ2v) is 4.85. The number of benzene rings is 1. The first-order valence-corrected chi connectivity index (χ1v) is 6.95. The molecule has 2 N–H and O–H groups in total. The minimum Gasteiger partial charge on any atom is -0.330 e. The molecule has 0 atom stereocenters. The van der Waals surface area contributed by atoms with Gasteiger partial charge in [-0.05, 0) is 18.7 Å². The molecule has 3 aromatic rings. The van der Waals surface area contributed by atoms with Gasteiger partial charge in [0.15, 0.2) is 0 Å². The predicted molar refractivity (Wildman–Crippen MR) is 81.1 cm³/mol. The highest BCUT2D eigenvalue weighted by Crippen LogP contribution is 2.06. The molecule has 0 unspecified atom stereocenters. The zero-order valence-corrected chi connectivity index (χ0v) is 11.8. The molecule has 0 saturated heterocycles. The van der Waals surface area contributed by atoms with Crippen LogP contribution in [0.25, 0.3) is 10.9 Å². The Morgan fingerprint density at radius 1 is 1.33 bits per heavy atom. The molecule has 108 valence electrons. The summed E-state index contributed by atoms with van der Waals surface area (Å²) in [7, 11) is 0. The molecule has 3 rings (SSSR count). The lowest BCUT2D eigenvalue weighted by molar-refractivity contribution is 0.709. The number of fused-ring (bicyclic) bond motifs is 1. The molecule has 0 amide bonds. The molecule has 1 aromatic carbocycles. The fourth-order valence-electron chi connectivity index (χ4n) is 2.22. The van der Waals surface area contributed by atoms with Crippen LogP contribution >= 0.6 is 0 Å². The molecule has 0 bridgehead atoms. The largest absolute Gasteiger partial charge is 0.330 e. The highest BCUT2D eigenvalue weighted by atomic mass is 16.1. The number of H-pyrrole nitrogens is 1. The van der Waals surface area contributed by atoms with Crippen LogP contribution in [0, 0.1) is 0 Å². The van der Waals surface area contributed by atoms with Gasteiger partial charge in [-0.1, -0.05) is 19.1 Å². The fourth-order valence-corrected chi connectivity index (χ4v) is 2.22. The Morgan fingerprint density at radius 3 is 3.05 bits per heavy atom. The third-order valence-corrected chi connectivity index (χ3v) is 3.24. The van der Waals surface area contributed by atoms with Crippen molar-refractivity contribution in [2.24, 2.45) is 0 Å². The van der Waals surface area contributed by atoms with E-state index in [4.69, 9.17) is 0 Å². The van der Waals surface area contributed by atoms with Crippen LogP contribution in [0.5, 0.6) is 0 Å². The van der Waals surface area contributed by atoms with E-state index in [1.165, 1.54) is 0 Å². The third-order valence-electron chi connectivity index (χ3n) is 3.24. The number of para-hydroxylation sites is 1.